The number of alkyl carbamates (subject to hydrolysis) is 1. The highest BCUT2D eigenvalue weighted by Crippen LogP contribution is 2.38. The van der Waals surface area contributed by atoms with Gasteiger partial charge in [-0.05, 0) is 97.2 Å². The number of amides is 1. The molecule has 1 saturated carbocycles. The minimum atomic E-state index is -0.643. The average Bonchev–Trinajstić information content (AvgIpc) is 2.83. The van der Waals surface area contributed by atoms with Crippen molar-refractivity contribution in [2.45, 2.75) is 109 Å². The summed E-state index contributed by atoms with van der Waals surface area (Å²) >= 11 is 0. The van der Waals surface area contributed by atoms with Gasteiger partial charge in [-0.1, -0.05) is 18.2 Å². The molecule has 8 nitrogen and oxygen atoms in total. The first-order chi connectivity index (χ1) is 17.2. The highest BCUT2D eigenvalue weighted by molar-refractivity contribution is 5.74. The fourth-order valence-electron chi connectivity index (χ4n) is 4.96. The summed E-state index contributed by atoms with van der Waals surface area (Å²) in [6.45, 7) is 11.0. The van der Waals surface area contributed by atoms with Crippen LogP contribution in [0.25, 0.3) is 0 Å². The minimum Gasteiger partial charge on any atom is -0.479 e. The molecular formula is C28H44N2O6. The van der Waals surface area contributed by atoms with Crippen LogP contribution in [0.3, 0.4) is 0 Å². The number of hydrogen-bond donors (Lipinski definition) is 2. The largest absolute Gasteiger partial charge is 0.479 e. The van der Waals surface area contributed by atoms with Gasteiger partial charge in [0, 0.05) is 6.04 Å². The smallest absolute Gasteiger partial charge is 0.407 e. The van der Waals surface area contributed by atoms with E-state index in [1.165, 1.54) is 0 Å². The Kier molecular flexibility index (Phi) is 10.4. The first-order valence-electron chi connectivity index (χ1n) is 13.4. The summed E-state index contributed by atoms with van der Waals surface area (Å²) in [6, 6.07) is 8.05. The van der Waals surface area contributed by atoms with Crippen molar-refractivity contribution in [1.82, 2.24) is 10.6 Å². The SMILES string of the molecule is CCOC(=O)[C@@H](C)Oc1ccccc1C1CCC(OCC2NCCCC2NC(=O)OC(C)(C)C)CC1. The Balaban J connectivity index is 1.49. The lowest BCUT2D eigenvalue weighted by Gasteiger charge is -2.36. The predicted molar refractivity (Wildman–Crippen MR) is 138 cm³/mol. The Bertz CT molecular complexity index is 847. The van der Waals surface area contributed by atoms with E-state index < -0.39 is 11.7 Å². The molecular weight excluding hydrogens is 460 g/mol. The van der Waals surface area contributed by atoms with Crippen LogP contribution >= 0.6 is 0 Å². The summed E-state index contributed by atoms with van der Waals surface area (Å²) in [5, 5.41) is 6.53. The number of para-hydroxylation sites is 1. The zero-order valence-electron chi connectivity index (χ0n) is 22.5. The number of ether oxygens (including phenoxy) is 4. The maximum atomic E-state index is 12.3. The zero-order chi connectivity index (χ0) is 26.1. The fraction of sp³-hybridized carbons (Fsp3) is 0.714. The van der Waals surface area contributed by atoms with E-state index >= 15 is 0 Å². The molecule has 3 rings (SSSR count). The number of carbonyl (C=O) groups excluding carboxylic acids is 2. The molecule has 1 aromatic carbocycles. The Hall–Kier alpha value is -2.32. The van der Waals surface area contributed by atoms with Crippen molar-refractivity contribution in [3.63, 3.8) is 0 Å². The quantitative estimate of drug-likeness (QED) is 0.471. The molecule has 0 spiro atoms. The van der Waals surface area contributed by atoms with Crippen molar-refractivity contribution in [2.75, 3.05) is 19.8 Å². The molecule has 2 N–H and O–H groups in total. The van der Waals surface area contributed by atoms with Gasteiger partial charge in [-0.25, -0.2) is 9.59 Å². The van der Waals surface area contributed by atoms with Gasteiger partial charge in [-0.2, -0.15) is 0 Å². The van der Waals surface area contributed by atoms with Crippen LogP contribution in [0.4, 0.5) is 4.79 Å². The summed E-state index contributed by atoms with van der Waals surface area (Å²) in [4.78, 5) is 24.3. The van der Waals surface area contributed by atoms with E-state index in [1.54, 1.807) is 13.8 Å². The molecule has 202 valence electrons. The third-order valence-electron chi connectivity index (χ3n) is 6.75. The topological polar surface area (TPSA) is 95.1 Å². The van der Waals surface area contributed by atoms with Crippen LogP contribution in [0, 0.1) is 0 Å². The van der Waals surface area contributed by atoms with Gasteiger partial charge >= 0.3 is 12.1 Å². The number of benzene rings is 1. The second-order valence-electron chi connectivity index (χ2n) is 10.8. The molecule has 2 unspecified atom stereocenters. The molecule has 1 aromatic rings. The molecule has 0 radical (unpaired) electrons. The van der Waals surface area contributed by atoms with Gasteiger partial charge in [-0.3, -0.25) is 0 Å². The lowest BCUT2D eigenvalue weighted by atomic mass is 9.82. The molecule has 36 heavy (non-hydrogen) atoms. The molecule has 0 bridgehead atoms. The van der Waals surface area contributed by atoms with Crippen LogP contribution in [0.2, 0.25) is 0 Å². The summed E-state index contributed by atoms with van der Waals surface area (Å²) in [6.07, 6.45) is 5.01. The maximum absolute atomic E-state index is 12.3. The number of rotatable bonds is 9. The van der Waals surface area contributed by atoms with E-state index in [9.17, 15) is 9.59 Å². The number of esters is 1. The summed E-state index contributed by atoms with van der Waals surface area (Å²) in [5.41, 5.74) is 0.625. The van der Waals surface area contributed by atoms with Crippen LogP contribution in [-0.4, -0.2) is 61.7 Å². The molecule has 2 fully saturated rings. The van der Waals surface area contributed by atoms with Crippen LogP contribution < -0.4 is 15.4 Å². The molecule has 1 amide bonds. The second-order valence-corrected chi connectivity index (χ2v) is 10.8. The van der Waals surface area contributed by atoms with Gasteiger partial charge in [-0.15, -0.1) is 0 Å². The number of piperidine rings is 1. The van der Waals surface area contributed by atoms with Crippen molar-refractivity contribution >= 4 is 12.1 Å². The molecule has 1 aliphatic carbocycles. The Morgan fingerprint density at radius 2 is 1.83 bits per heavy atom. The second kappa shape index (κ2) is 13.3. The van der Waals surface area contributed by atoms with Gasteiger partial charge in [0.15, 0.2) is 6.10 Å². The van der Waals surface area contributed by atoms with Crippen molar-refractivity contribution in [2.24, 2.45) is 0 Å². The Morgan fingerprint density at radius 1 is 1.11 bits per heavy atom. The molecule has 1 aliphatic heterocycles. The third-order valence-corrected chi connectivity index (χ3v) is 6.75. The Labute approximate surface area is 215 Å². The van der Waals surface area contributed by atoms with Crippen LogP contribution in [0.1, 0.15) is 84.6 Å². The summed E-state index contributed by atoms with van der Waals surface area (Å²) < 4.78 is 22.8. The van der Waals surface area contributed by atoms with Crippen LogP contribution in [0.5, 0.6) is 5.75 Å². The zero-order valence-corrected chi connectivity index (χ0v) is 22.5. The van der Waals surface area contributed by atoms with E-state index in [0.29, 0.717) is 19.1 Å². The van der Waals surface area contributed by atoms with E-state index in [1.807, 2.05) is 39.0 Å². The Morgan fingerprint density at radius 3 is 2.53 bits per heavy atom. The van der Waals surface area contributed by atoms with Gasteiger partial charge in [0.1, 0.15) is 11.4 Å². The van der Waals surface area contributed by atoms with Crippen molar-refractivity contribution in [3.05, 3.63) is 29.8 Å². The minimum absolute atomic E-state index is 0.00430. The highest BCUT2D eigenvalue weighted by Gasteiger charge is 2.31. The van der Waals surface area contributed by atoms with Crippen molar-refractivity contribution in [3.8, 4) is 5.75 Å². The number of carbonyl (C=O) groups is 2. The van der Waals surface area contributed by atoms with E-state index in [-0.39, 0.29) is 30.3 Å². The van der Waals surface area contributed by atoms with Crippen LogP contribution in [0.15, 0.2) is 24.3 Å². The first kappa shape index (κ1) is 28.3. The predicted octanol–water partition coefficient (Wildman–Crippen LogP) is 4.71. The lowest BCUT2D eigenvalue weighted by Crippen LogP contribution is -2.56. The van der Waals surface area contributed by atoms with E-state index in [2.05, 4.69) is 16.7 Å². The van der Waals surface area contributed by atoms with Gasteiger partial charge in [0.2, 0.25) is 0 Å². The normalized spacial score (nSPS) is 25.5. The highest BCUT2D eigenvalue weighted by atomic mass is 16.6. The molecule has 1 heterocycles. The van der Waals surface area contributed by atoms with E-state index in [0.717, 1.165) is 56.4 Å². The van der Waals surface area contributed by atoms with Crippen LogP contribution in [-0.2, 0) is 19.0 Å². The standard InChI is InChI=1S/C28H44N2O6/c1-6-33-26(31)19(2)35-25-12-8-7-10-22(25)20-13-15-21(16-14-20)34-18-24-23(11-9-17-29-24)30-27(32)36-28(3,4)5/h7-8,10,12,19-21,23-24,29H,6,9,11,13-18H2,1-5H3,(H,30,32)/t19-,20?,21?,23?,24?/m1/s1. The fourth-order valence-corrected chi connectivity index (χ4v) is 4.96. The monoisotopic (exact) mass is 504 g/mol. The molecule has 3 atom stereocenters. The molecule has 2 aliphatic rings. The molecule has 8 heteroatoms. The van der Waals surface area contributed by atoms with Gasteiger partial charge in [0.25, 0.3) is 0 Å². The first-order valence-corrected chi connectivity index (χ1v) is 13.4. The average molecular weight is 505 g/mol. The van der Waals surface area contributed by atoms with Crippen molar-refractivity contribution < 1.29 is 28.5 Å². The number of hydrogen-bond acceptors (Lipinski definition) is 7. The van der Waals surface area contributed by atoms with Gasteiger partial charge < -0.3 is 29.6 Å². The van der Waals surface area contributed by atoms with Crippen molar-refractivity contribution in [1.29, 1.82) is 0 Å². The van der Waals surface area contributed by atoms with Gasteiger partial charge in [0.05, 0.1) is 25.4 Å². The maximum Gasteiger partial charge on any atom is 0.407 e. The number of nitrogens with one attached hydrogen (secondary N) is 2. The molecule has 1 saturated heterocycles. The summed E-state index contributed by atoms with van der Waals surface area (Å²) in [7, 11) is 0. The molecule has 0 aromatic heterocycles. The van der Waals surface area contributed by atoms with E-state index in [4.69, 9.17) is 18.9 Å². The third kappa shape index (κ3) is 8.66. The summed E-state index contributed by atoms with van der Waals surface area (Å²) in [5.74, 6) is 0.773. The lowest BCUT2D eigenvalue weighted by molar-refractivity contribution is -0.150.